The maximum absolute atomic E-state index is 11.7. The Balaban J connectivity index is 0.00000242. The second kappa shape index (κ2) is 11.5. The van der Waals surface area contributed by atoms with Crippen molar-refractivity contribution in [1.29, 1.82) is 0 Å². The summed E-state index contributed by atoms with van der Waals surface area (Å²) in [7, 11) is 0. The Labute approximate surface area is 151 Å². The van der Waals surface area contributed by atoms with Crippen LogP contribution in [0.2, 0.25) is 0 Å². The molecule has 0 saturated carbocycles. The molecule has 1 heterocycles. The minimum absolute atomic E-state index is 0. The molecule has 1 aliphatic heterocycles. The highest BCUT2D eigenvalue weighted by Gasteiger charge is 2.17. The van der Waals surface area contributed by atoms with E-state index in [-0.39, 0.29) is 36.8 Å². The van der Waals surface area contributed by atoms with E-state index in [1.807, 2.05) is 13.0 Å². The van der Waals surface area contributed by atoms with Crippen LogP contribution in [0.25, 0.3) is 0 Å². The lowest BCUT2D eigenvalue weighted by Gasteiger charge is -2.36. The molecule has 132 valence electrons. The highest BCUT2D eigenvalue weighted by molar-refractivity contribution is 5.85. The molecule has 0 radical (unpaired) electrons. The normalized spacial score (nSPS) is 16.0. The van der Waals surface area contributed by atoms with Gasteiger partial charge < -0.3 is 16.0 Å². The zero-order chi connectivity index (χ0) is 15.1. The third kappa shape index (κ3) is 7.40. The van der Waals surface area contributed by atoms with E-state index in [1.54, 1.807) is 0 Å². The van der Waals surface area contributed by atoms with Crippen LogP contribution in [-0.2, 0) is 4.79 Å². The van der Waals surface area contributed by atoms with E-state index in [2.05, 4.69) is 39.4 Å². The minimum atomic E-state index is 0. The summed E-state index contributed by atoms with van der Waals surface area (Å²) < 4.78 is 0. The first-order valence-electron chi connectivity index (χ1n) is 7.71. The Hall–Kier alpha value is -1.01. The minimum Gasteiger partial charge on any atom is -0.369 e. The molecule has 1 atom stereocenters. The Morgan fingerprint density at radius 3 is 2.35 bits per heavy atom. The standard InChI is InChI=1S/C16H26N4O.2ClH/c1-14(13-17)18-16(21)7-8-19-9-11-20(12-10-19)15-5-3-2-4-6-15;;/h2-6,14H,7-13,17H2,1H3,(H,18,21);2*1H/t14-;;/m0../s1. The third-order valence-electron chi connectivity index (χ3n) is 3.91. The molecule has 0 aliphatic carbocycles. The summed E-state index contributed by atoms with van der Waals surface area (Å²) in [6.45, 7) is 7.29. The summed E-state index contributed by atoms with van der Waals surface area (Å²) in [5, 5.41) is 2.90. The van der Waals surface area contributed by atoms with Gasteiger partial charge >= 0.3 is 0 Å². The number of piperazine rings is 1. The SMILES string of the molecule is C[C@@H](CN)NC(=O)CCN1CCN(c2ccccc2)CC1.Cl.Cl. The molecule has 1 saturated heterocycles. The maximum Gasteiger partial charge on any atom is 0.221 e. The summed E-state index contributed by atoms with van der Waals surface area (Å²) in [5.41, 5.74) is 6.78. The second-order valence-corrected chi connectivity index (χ2v) is 5.62. The highest BCUT2D eigenvalue weighted by Crippen LogP contribution is 2.15. The van der Waals surface area contributed by atoms with Gasteiger partial charge in [-0.2, -0.15) is 0 Å². The molecule has 1 amide bonds. The average Bonchev–Trinajstić information content (AvgIpc) is 2.54. The van der Waals surface area contributed by atoms with Crippen molar-refractivity contribution in [2.75, 3.05) is 44.2 Å². The predicted molar refractivity (Wildman–Crippen MR) is 101 cm³/mol. The van der Waals surface area contributed by atoms with E-state index >= 15 is 0 Å². The van der Waals surface area contributed by atoms with E-state index in [0.29, 0.717) is 13.0 Å². The Kier molecular flexibility index (Phi) is 11.0. The lowest BCUT2D eigenvalue weighted by atomic mass is 10.2. The zero-order valence-electron chi connectivity index (χ0n) is 13.6. The molecule has 5 nitrogen and oxygen atoms in total. The second-order valence-electron chi connectivity index (χ2n) is 5.62. The fraction of sp³-hybridized carbons (Fsp3) is 0.562. The van der Waals surface area contributed by atoms with E-state index in [4.69, 9.17) is 5.73 Å². The van der Waals surface area contributed by atoms with Crippen LogP contribution in [0.15, 0.2) is 30.3 Å². The van der Waals surface area contributed by atoms with Crippen LogP contribution in [0.5, 0.6) is 0 Å². The van der Waals surface area contributed by atoms with Gasteiger partial charge in [0.2, 0.25) is 5.91 Å². The van der Waals surface area contributed by atoms with Crippen LogP contribution >= 0.6 is 24.8 Å². The fourth-order valence-electron chi connectivity index (χ4n) is 2.53. The zero-order valence-corrected chi connectivity index (χ0v) is 15.2. The Morgan fingerprint density at radius 2 is 1.78 bits per heavy atom. The number of carbonyl (C=O) groups excluding carboxylic acids is 1. The van der Waals surface area contributed by atoms with Crippen molar-refractivity contribution in [2.24, 2.45) is 5.73 Å². The first-order chi connectivity index (χ1) is 10.2. The van der Waals surface area contributed by atoms with Crippen LogP contribution in [0.3, 0.4) is 0 Å². The summed E-state index contributed by atoms with van der Waals surface area (Å²) >= 11 is 0. The quantitative estimate of drug-likeness (QED) is 0.804. The fourth-order valence-corrected chi connectivity index (χ4v) is 2.53. The number of nitrogens with one attached hydrogen (secondary N) is 1. The number of nitrogens with two attached hydrogens (primary N) is 1. The number of halogens is 2. The molecule has 0 aromatic heterocycles. The molecule has 2 rings (SSSR count). The van der Waals surface area contributed by atoms with E-state index in [1.165, 1.54) is 5.69 Å². The van der Waals surface area contributed by atoms with E-state index in [0.717, 1.165) is 32.7 Å². The predicted octanol–water partition coefficient (Wildman–Crippen LogP) is 1.51. The van der Waals surface area contributed by atoms with Gasteiger partial charge in [0, 0.05) is 57.4 Å². The number of benzene rings is 1. The third-order valence-corrected chi connectivity index (χ3v) is 3.91. The molecule has 1 aromatic carbocycles. The molecule has 23 heavy (non-hydrogen) atoms. The molecule has 1 aromatic rings. The molecule has 7 heteroatoms. The van der Waals surface area contributed by atoms with Crippen molar-refractivity contribution in [3.63, 3.8) is 0 Å². The number of para-hydroxylation sites is 1. The summed E-state index contributed by atoms with van der Waals surface area (Å²) in [6, 6.07) is 10.6. The van der Waals surface area contributed by atoms with Gasteiger partial charge in [0.05, 0.1) is 0 Å². The van der Waals surface area contributed by atoms with Crippen molar-refractivity contribution < 1.29 is 4.79 Å². The molecular weight excluding hydrogens is 335 g/mol. The van der Waals surface area contributed by atoms with Gasteiger partial charge in [0.25, 0.3) is 0 Å². The van der Waals surface area contributed by atoms with Crippen LogP contribution in [0, 0.1) is 0 Å². The average molecular weight is 363 g/mol. The van der Waals surface area contributed by atoms with Crippen molar-refractivity contribution >= 4 is 36.4 Å². The first kappa shape index (κ1) is 22.0. The monoisotopic (exact) mass is 362 g/mol. The number of anilines is 1. The topological polar surface area (TPSA) is 61.6 Å². The van der Waals surface area contributed by atoms with Crippen LogP contribution in [0.1, 0.15) is 13.3 Å². The van der Waals surface area contributed by atoms with Gasteiger partial charge in [-0.3, -0.25) is 9.69 Å². The van der Waals surface area contributed by atoms with Gasteiger partial charge in [0.15, 0.2) is 0 Å². The summed E-state index contributed by atoms with van der Waals surface area (Å²) in [5.74, 6) is 0.0958. The number of hydrogen-bond acceptors (Lipinski definition) is 4. The number of nitrogens with zero attached hydrogens (tertiary/aromatic N) is 2. The Morgan fingerprint density at radius 1 is 1.17 bits per heavy atom. The smallest absolute Gasteiger partial charge is 0.221 e. The summed E-state index contributed by atoms with van der Waals surface area (Å²) in [6.07, 6.45) is 0.551. The van der Waals surface area contributed by atoms with Crippen LogP contribution in [-0.4, -0.2) is 56.1 Å². The number of carbonyl (C=O) groups is 1. The molecule has 0 unspecified atom stereocenters. The van der Waals surface area contributed by atoms with Crippen LogP contribution < -0.4 is 16.0 Å². The number of amides is 1. The largest absolute Gasteiger partial charge is 0.369 e. The molecule has 3 N–H and O–H groups in total. The van der Waals surface area contributed by atoms with Crippen molar-refractivity contribution in [3.05, 3.63) is 30.3 Å². The number of rotatable bonds is 6. The highest BCUT2D eigenvalue weighted by atomic mass is 35.5. The van der Waals surface area contributed by atoms with Gasteiger partial charge in [-0.1, -0.05) is 18.2 Å². The first-order valence-corrected chi connectivity index (χ1v) is 7.71. The summed E-state index contributed by atoms with van der Waals surface area (Å²) in [4.78, 5) is 16.5. The van der Waals surface area contributed by atoms with Gasteiger partial charge in [-0.25, -0.2) is 0 Å². The van der Waals surface area contributed by atoms with Gasteiger partial charge in [0.1, 0.15) is 0 Å². The molecular formula is C16H28Cl2N4O. The van der Waals surface area contributed by atoms with Crippen molar-refractivity contribution in [3.8, 4) is 0 Å². The van der Waals surface area contributed by atoms with E-state index in [9.17, 15) is 4.79 Å². The Bertz CT molecular complexity index is 439. The van der Waals surface area contributed by atoms with E-state index < -0.39 is 0 Å². The molecule has 1 fully saturated rings. The van der Waals surface area contributed by atoms with Crippen molar-refractivity contribution in [2.45, 2.75) is 19.4 Å². The lowest BCUT2D eigenvalue weighted by Crippen LogP contribution is -2.47. The molecule has 0 spiro atoms. The number of hydrogen-bond donors (Lipinski definition) is 2. The lowest BCUT2D eigenvalue weighted by molar-refractivity contribution is -0.122. The van der Waals surface area contributed by atoms with Crippen molar-refractivity contribution in [1.82, 2.24) is 10.2 Å². The maximum atomic E-state index is 11.7. The van der Waals surface area contributed by atoms with Gasteiger partial charge in [-0.05, 0) is 19.1 Å². The molecule has 0 bridgehead atoms. The van der Waals surface area contributed by atoms with Gasteiger partial charge in [-0.15, -0.1) is 24.8 Å². The van der Waals surface area contributed by atoms with Crippen LogP contribution in [0.4, 0.5) is 5.69 Å². The molecule has 1 aliphatic rings.